The molecule has 118 valence electrons. The number of ether oxygens (including phenoxy) is 1. The highest BCUT2D eigenvalue weighted by Gasteiger charge is 2.10. The first-order valence-corrected chi connectivity index (χ1v) is 8.43. The van der Waals surface area contributed by atoms with Crippen molar-refractivity contribution in [3.8, 4) is 5.75 Å². The van der Waals surface area contributed by atoms with E-state index in [4.69, 9.17) is 4.74 Å². The topological polar surface area (TPSA) is 55.2 Å². The number of benzene rings is 2. The van der Waals surface area contributed by atoms with Crippen molar-refractivity contribution in [1.29, 1.82) is 0 Å². The Morgan fingerprint density at radius 3 is 2.61 bits per heavy atom. The summed E-state index contributed by atoms with van der Waals surface area (Å²) in [5.74, 6) is 1.25. The quantitative estimate of drug-likeness (QED) is 0.555. The van der Waals surface area contributed by atoms with Gasteiger partial charge in [-0.05, 0) is 25.1 Å². The van der Waals surface area contributed by atoms with Crippen LogP contribution in [0.4, 0.5) is 0 Å². The molecule has 1 heterocycles. The van der Waals surface area contributed by atoms with E-state index < -0.39 is 6.10 Å². The van der Waals surface area contributed by atoms with E-state index in [-0.39, 0.29) is 6.61 Å². The van der Waals surface area contributed by atoms with E-state index in [0.717, 1.165) is 22.3 Å². The number of para-hydroxylation sites is 2. The van der Waals surface area contributed by atoms with Gasteiger partial charge < -0.3 is 9.84 Å². The SMILES string of the molecule is Cc1nc(SC[C@@H](O)COc2ccccc2)nc2ccccc12. The fourth-order valence-electron chi connectivity index (χ4n) is 2.20. The van der Waals surface area contributed by atoms with Gasteiger partial charge in [-0.25, -0.2) is 9.97 Å². The second-order valence-corrected chi connectivity index (χ2v) is 6.18. The van der Waals surface area contributed by atoms with E-state index >= 15 is 0 Å². The zero-order valence-corrected chi connectivity index (χ0v) is 13.7. The van der Waals surface area contributed by atoms with Crippen molar-refractivity contribution < 1.29 is 9.84 Å². The molecule has 3 aromatic rings. The molecule has 0 fully saturated rings. The monoisotopic (exact) mass is 326 g/mol. The average Bonchev–Trinajstić information content (AvgIpc) is 2.59. The van der Waals surface area contributed by atoms with Crippen LogP contribution in [0.5, 0.6) is 5.75 Å². The van der Waals surface area contributed by atoms with Crippen LogP contribution in [0.2, 0.25) is 0 Å². The lowest BCUT2D eigenvalue weighted by atomic mass is 10.2. The molecule has 23 heavy (non-hydrogen) atoms. The van der Waals surface area contributed by atoms with Crippen LogP contribution in [0.3, 0.4) is 0 Å². The van der Waals surface area contributed by atoms with Gasteiger partial charge in [0, 0.05) is 16.8 Å². The minimum absolute atomic E-state index is 0.254. The summed E-state index contributed by atoms with van der Waals surface area (Å²) < 4.78 is 5.55. The van der Waals surface area contributed by atoms with Gasteiger partial charge in [0.1, 0.15) is 12.4 Å². The molecule has 0 unspecified atom stereocenters. The standard InChI is InChI=1S/C18H18N2O2S/c1-13-16-9-5-6-10-17(16)20-18(19-13)23-12-14(21)11-22-15-7-3-2-4-8-15/h2-10,14,21H,11-12H2,1H3/t14-/m0/s1. The van der Waals surface area contributed by atoms with Gasteiger partial charge in [0.05, 0.1) is 11.6 Å². The minimum atomic E-state index is -0.574. The van der Waals surface area contributed by atoms with E-state index in [2.05, 4.69) is 9.97 Å². The third-order valence-electron chi connectivity index (χ3n) is 3.36. The molecule has 1 N–H and O–H groups in total. The zero-order chi connectivity index (χ0) is 16.1. The molecule has 0 amide bonds. The number of fused-ring (bicyclic) bond motifs is 1. The maximum Gasteiger partial charge on any atom is 0.188 e. The van der Waals surface area contributed by atoms with Crippen molar-refractivity contribution in [3.63, 3.8) is 0 Å². The highest BCUT2D eigenvalue weighted by atomic mass is 32.2. The Bertz CT molecular complexity index is 780. The lowest BCUT2D eigenvalue weighted by Gasteiger charge is -2.12. The summed E-state index contributed by atoms with van der Waals surface area (Å²) in [6, 6.07) is 17.4. The number of aryl methyl sites for hydroxylation is 1. The van der Waals surface area contributed by atoms with E-state index in [9.17, 15) is 5.11 Å². The Balaban J connectivity index is 1.57. The molecule has 0 spiro atoms. The molecule has 0 aliphatic carbocycles. The predicted molar refractivity (Wildman–Crippen MR) is 92.9 cm³/mol. The summed E-state index contributed by atoms with van der Waals surface area (Å²) >= 11 is 1.44. The number of aromatic nitrogens is 2. The molecule has 0 radical (unpaired) electrons. The van der Waals surface area contributed by atoms with Crippen LogP contribution < -0.4 is 4.74 Å². The Morgan fingerprint density at radius 1 is 1.04 bits per heavy atom. The normalized spacial score (nSPS) is 12.3. The van der Waals surface area contributed by atoms with Crippen molar-refractivity contribution in [3.05, 3.63) is 60.3 Å². The zero-order valence-electron chi connectivity index (χ0n) is 12.8. The number of hydrogen-bond acceptors (Lipinski definition) is 5. The van der Waals surface area contributed by atoms with Crippen molar-refractivity contribution in [2.45, 2.75) is 18.2 Å². The predicted octanol–water partition coefficient (Wildman–Crippen LogP) is 3.47. The fourth-order valence-corrected chi connectivity index (χ4v) is 3.00. The Hall–Kier alpha value is -2.11. The molecule has 0 saturated heterocycles. The average molecular weight is 326 g/mol. The molecule has 5 heteroatoms. The highest BCUT2D eigenvalue weighted by molar-refractivity contribution is 7.99. The van der Waals surface area contributed by atoms with Gasteiger partial charge in [0.15, 0.2) is 5.16 Å². The van der Waals surface area contributed by atoms with Gasteiger partial charge in [-0.1, -0.05) is 48.2 Å². The first-order chi connectivity index (χ1) is 11.2. The maximum absolute atomic E-state index is 10.1. The van der Waals surface area contributed by atoms with Crippen LogP contribution in [0.15, 0.2) is 59.8 Å². The lowest BCUT2D eigenvalue weighted by molar-refractivity contribution is 0.126. The number of aliphatic hydroxyl groups is 1. The Morgan fingerprint density at radius 2 is 1.78 bits per heavy atom. The van der Waals surface area contributed by atoms with Gasteiger partial charge in [-0.15, -0.1) is 0 Å². The summed E-state index contributed by atoms with van der Waals surface area (Å²) in [5.41, 5.74) is 1.88. The van der Waals surface area contributed by atoms with E-state index in [1.54, 1.807) is 0 Å². The molecule has 4 nitrogen and oxygen atoms in total. The molecule has 2 aromatic carbocycles. The molecule has 3 rings (SSSR count). The fraction of sp³-hybridized carbons (Fsp3) is 0.222. The molecular weight excluding hydrogens is 308 g/mol. The number of rotatable bonds is 6. The van der Waals surface area contributed by atoms with Crippen LogP contribution in [0.25, 0.3) is 10.9 Å². The smallest absolute Gasteiger partial charge is 0.188 e. The minimum Gasteiger partial charge on any atom is -0.491 e. The van der Waals surface area contributed by atoms with E-state index in [0.29, 0.717) is 10.9 Å². The third-order valence-corrected chi connectivity index (χ3v) is 4.36. The number of nitrogens with zero attached hydrogens (tertiary/aromatic N) is 2. The van der Waals surface area contributed by atoms with Crippen molar-refractivity contribution >= 4 is 22.7 Å². The van der Waals surface area contributed by atoms with Gasteiger partial charge in [0.2, 0.25) is 0 Å². The number of hydrogen-bond donors (Lipinski definition) is 1. The van der Waals surface area contributed by atoms with Crippen LogP contribution in [0.1, 0.15) is 5.69 Å². The first kappa shape index (κ1) is 15.8. The second-order valence-electron chi connectivity index (χ2n) is 5.20. The van der Waals surface area contributed by atoms with Gasteiger partial charge in [0.25, 0.3) is 0 Å². The van der Waals surface area contributed by atoms with Gasteiger partial charge in [-0.2, -0.15) is 0 Å². The largest absolute Gasteiger partial charge is 0.491 e. The molecule has 1 atom stereocenters. The van der Waals surface area contributed by atoms with Crippen molar-refractivity contribution in [2.75, 3.05) is 12.4 Å². The number of thioether (sulfide) groups is 1. The van der Waals surface area contributed by atoms with Gasteiger partial charge in [-0.3, -0.25) is 0 Å². The first-order valence-electron chi connectivity index (χ1n) is 7.44. The summed E-state index contributed by atoms with van der Waals surface area (Å²) in [6.45, 7) is 2.23. The summed E-state index contributed by atoms with van der Waals surface area (Å²) in [7, 11) is 0. The van der Waals surface area contributed by atoms with Crippen LogP contribution in [-0.4, -0.2) is 33.5 Å². The van der Waals surface area contributed by atoms with E-state index in [1.165, 1.54) is 11.8 Å². The Labute approximate surface area is 139 Å². The Kier molecular flexibility index (Phi) is 5.10. The number of aliphatic hydroxyl groups excluding tert-OH is 1. The third kappa shape index (κ3) is 4.21. The highest BCUT2D eigenvalue weighted by Crippen LogP contribution is 2.21. The summed E-state index contributed by atoms with van der Waals surface area (Å²) in [4.78, 5) is 9.02. The van der Waals surface area contributed by atoms with Gasteiger partial charge >= 0.3 is 0 Å². The summed E-state index contributed by atoms with van der Waals surface area (Å²) in [6.07, 6.45) is -0.574. The van der Waals surface area contributed by atoms with Crippen LogP contribution >= 0.6 is 11.8 Å². The second kappa shape index (κ2) is 7.44. The molecular formula is C18H18N2O2S. The maximum atomic E-state index is 10.1. The molecule has 0 bridgehead atoms. The molecule has 0 aliphatic rings. The van der Waals surface area contributed by atoms with Crippen molar-refractivity contribution in [1.82, 2.24) is 9.97 Å². The molecule has 0 aliphatic heterocycles. The van der Waals surface area contributed by atoms with Crippen LogP contribution in [0, 0.1) is 6.92 Å². The summed E-state index contributed by atoms with van der Waals surface area (Å²) in [5, 5.41) is 11.8. The van der Waals surface area contributed by atoms with E-state index in [1.807, 2.05) is 61.5 Å². The molecule has 1 aromatic heterocycles. The van der Waals surface area contributed by atoms with Crippen molar-refractivity contribution in [2.24, 2.45) is 0 Å². The van der Waals surface area contributed by atoms with Crippen LogP contribution in [-0.2, 0) is 0 Å². The molecule has 0 saturated carbocycles. The lowest BCUT2D eigenvalue weighted by Crippen LogP contribution is -2.20.